The summed E-state index contributed by atoms with van der Waals surface area (Å²) in [6, 6.07) is 0. The van der Waals surface area contributed by atoms with Crippen molar-refractivity contribution in [1.82, 2.24) is 0 Å². The van der Waals surface area contributed by atoms with Crippen molar-refractivity contribution < 1.29 is 19.3 Å². The van der Waals surface area contributed by atoms with E-state index in [0.29, 0.717) is 13.2 Å². The number of aliphatic hydroxyl groups is 1. The van der Waals surface area contributed by atoms with E-state index in [1.165, 1.54) is 33.4 Å². The van der Waals surface area contributed by atoms with Gasteiger partial charge >= 0.3 is 0 Å². The molecule has 0 aromatic rings. The Balaban J connectivity index is 4.48. The molecule has 0 aliphatic rings. The van der Waals surface area contributed by atoms with Gasteiger partial charge in [-0.3, -0.25) is 0 Å². The highest BCUT2D eigenvalue weighted by molar-refractivity contribution is 5.10. The topological polar surface area (TPSA) is 47.9 Å². The van der Waals surface area contributed by atoms with E-state index in [9.17, 15) is 0 Å². The molecule has 0 bridgehead atoms. The molecule has 1 atom stereocenters. The highest BCUT2D eigenvalue weighted by Crippen LogP contribution is 2.15. The maximum Gasteiger partial charge on any atom is 0.102 e. The molecule has 0 saturated heterocycles. The van der Waals surface area contributed by atoms with Gasteiger partial charge in [0.25, 0.3) is 0 Å². The van der Waals surface area contributed by atoms with Gasteiger partial charge in [-0.1, -0.05) is 64.3 Å². The molecule has 0 fully saturated rings. The van der Waals surface area contributed by atoms with E-state index in [2.05, 4.69) is 71.9 Å². The maximum absolute atomic E-state index is 8.96. The van der Waals surface area contributed by atoms with Crippen molar-refractivity contribution in [1.29, 1.82) is 0 Å². The Kier molecular flexibility index (Phi) is 23.2. The third-order valence-corrected chi connectivity index (χ3v) is 6.79. The van der Waals surface area contributed by atoms with Gasteiger partial charge in [0, 0.05) is 20.8 Å². The predicted molar refractivity (Wildman–Crippen MR) is 165 cm³/mol. The molecule has 0 radical (unpaired) electrons. The minimum Gasteiger partial charge on any atom is -0.392 e. The molecule has 0 saturated carbocycles. The molecule has 38 heavy (non-hydrogen) atoms. The summed E-state index contributed by atoms with van der Waals surface area (Å²) in [5.41, 5.74) is 8.13. The number of ether oxygens (including phenoxy) is 3. The van der Waals surface area contributed by atoms with E-state index in [1.54, 1.807) is 14.2 Å². The first-order valence-corrected chi connectivity index (χ1v) is 14.4. The molecule has 0 aromatic carbocycles. The van der Waals surface area contributed by atoms with Crippen LogP contribution in [-0.4, -0.2) is 51.9 Å². The zero-order chi connectivity index (χ0) is 28.6. The van der Waals surface area contributed by atoms with Crippen molar-refractivity contribution in [2.75, 3.05) is 40.6 Å². The Bertz CT molecular complexity index is 795. The summed E-state index contributed by atoms with van der Waals surface area (Å²) in [5.74, 6) is 0. The summed E-state index contributed by atoms with van der Waals surface area (Å²) in [5, 5.41) is 8.96. The second kappa shape index (κ2) is 24.3. The summed E-state index contributed by atoms with van der Waals surface area (Å²) in [6.07, 6.45) is 22.9. The van der Waals surface area contributed by atoms with E-state index < -0.39 is 0 Å². The lowest BCUT2D eigenvalue weighted by Gasteiger charge is -2.17. The number of allylic oxidation sites excluding steroid dienone is 8. The Labute approximate surface area is 235 Å². The van der Waals surface area contributed by atoms with Crippen LogP contribution in [0.25, 0.3) is 0 Å². The van der Waals surface area contributed by atoms with Crippen LogP contribution in [0.2, 0.25) is 0 Å². The lowest BCUT2D eigenvalue weighted by atomic mass is 10.0. The largest absolute Gasteiger partial charge is 0.392 e. The third kappa shape index (κ3) is 21.2. The van der Waals surface area contributed by atoms with Crippen molar-refractivity contribution in [2.45, 2.75) is 105 Å². The van der Waals surface area contributed by atoms with Crippen LogP contribution in [0.15, 0.2) is 69.9 Å². The van der Waals surface area contributed by atoms with E-state index in [1.807, 2.05) is 6.08 Å². The predicted octanol–water partition coefficient (Wildman–Crippen LogP) is 8.85. The standard InChI is InChI=1S/C34H58O4/c1-28(14-10-17-31(4)22-25-36-7)15-11-18-32(5)23-26-38-34(27-37-8)33(6)20-12-19-29(2)13-9-16-30(3)21-24-35/h13,15,17,20-21,23,34-35H,9-12,14,16,18-19,22,24-27H2,1-8H3. The Morgan fingerprint density at radius 2 is 1.03 bits per heavy atom. The molecular formula is C34H58O4. The van der Waals surface area contributed by atoms with Gasteiger partial charge in [-0.05, 0) is 105 Å². The highest BCUT2D eigenvalue weighted by atomic mass is 16.5. The average molecular weight is 531 g/mol. The molecule has 1 unspecified atom stereocenters. The first-order chi connectivity index (χ1) is 18.2. The second-order valence-electron chi connectivity index (χ2n) is 10.6. The minimum atomic E-state index is -0.0119. The van der Waals surface area contributed by atoms with Gasteiger partial charge in [0.2, 0.25) is 0 Å². The zero-order valence-electron chi connectivity index (χ0n) is 25.9. The van der Waals surface area contributed by atoms with Crippen LogP contribution in [0.3, 0.4) is 0 Å². The van der Waals surface area contributed by atoms with Gasteiger partial charge in [0.15, 0.2) is 0 Å². The SMILES string of the molecule is COCCC(C)=CCCC(C)=CCCC(C)=CCOC(COC)C(C)=CCCC(C)=CCCC(C)=CCO. The van der Waals surface area contributed by atoms with Gasteiger partial charge in [-0.15, -0.1) is 0 Å². The third-order valence-electron chi connectivity index (χ3n) is 6.79. The molecule has 218 valence electrons. The van der Waals surface area contributed by atoms with E-state index in [-0.39, 0.29) is 12.7 Å². The van der Waals surface area contributed by atoms with Gasteiger partial charge < -0.3 is 19.3 Å². The number of rotatable bonds is 22. The smallest absolute Gasteiger partial charge is 0.102 e. The van der Waals surface area contributed by atoms with Crippen LogP contribution < -0.4 is 0 Å². The summed E-state index contributed by atoms with van der Waals surface area (Å²) < 4.78 is 16.7. The molecule has 0 amide bonds. The Morgan fingerprint density at radius 1 is 0.579 bits per heavy atom. The van der Waals surface area contributed by atoms with Crippen molar-refractivity contribution >= 4 is 0 Å². The molecule has 1 N–H and O–H groups in total. The molecule has 0 spiro atoms. The number of aliphatic hydroxyl groups excluding tert-OH is 1. The van der Waals surface area contributed by atoms with Crippen LogP contribution in [0, 0.1) is 0 Å². The summed E-state index contributed by atoms with van der Waals surface area (Å²) in [4.78, 5) is 0. The molecule has 0 rings (SSSR count). The molecule has 4 nitrogen and oxygen atoms in total. The van der Waals surface area contributed by atoms with Crippen LogP contribution in [-0.2, 0) is 14.2 Å². The van der Waals surface area contributed by atoms with Crippen LogP contribution in [0.1, 0.15) is 99.3 Å². The van der Waals surface area contributed by atoms with Crippen LogP contribution in [0.4, 0.5) is 0 Å². The molecule has 0 aromatic heterocycles. The zero-order valence-corrected chi connectivity index (χ0v) is 25.9. The highest BCUT2D eigenvalue weighted by Gasteiger charge is 2.10. The van der Waals surface area contributed by atoms with Crippen molar-refractivity contribution in [3.63, 3.8) is 0 Å². The van der Waals surface area contributed by atoms with Gasteiger partial charge in [-0.2, -0.15) is 0 Å². The van der Waals surface area contributed by atoms with Crippen molar-refractivity contribution in [3.05, 3.63) is 69.9 Å². The van der Waals surface area contributed by atoms with Gasteiger partial charge in [0.05, 0.1) is 19.8 Å². The van der Waals surface area contributed by atoms with Crippen LogP contribution >= 0.6 is 0 Å². The van der Waals surface area contributed by atoms with E-state index in [4.69, 9.17) is 19.3 Å². The first-order valence-electron chi connectivity index (χ1n) is 14.4. The lowest BCUT2D eigenvalue weighted by Crippen LogP contribution is -2.20. The lowest BCUT2D eigenvalue weighted by molar-refractivity contribution is 0.0325. The second-order valence-corrected chi connectivity index (χ2v) is 10.6. The first kappa shape index (κ1) is 36.3. The van der Waals surface area contributed by atoms with Crippen molar-refractivity contribution in [3.8, 4) is 0 Å². The molecular weight excluding hydrogens is 472 g/mol. The summed E-state index contributed by atoms with van der Waals surface area (Å²) in [6.45, 7) is 15.1. The van der Waals surface area contributed by atoms with E-state index >= 15 is 0 Å². The Hall–Kier alpha value is -1.72. The minimum absolute atomic E-state index is 0.0119. The number of hydrogen-bond acceptors (Lipinski definition) is 4. The summed E-state index contributed by atoms with van der Waals surface area (Å²) in [7, 11) is 3.49. The maximum atomic E-state index is 8.96. The van der Waals surface area contributed by atoms with Crippen molar-refractivity contribution in [2.24, 2.45) is 0 Å². The monoisotopic (exact) mass is 530 g/mol. The Morgan fingerprint density at radius 3 is 1.50 bits per heavy atom. The van der Waals surface area contributed by atoms with Gasteiger partial charge in [-0.25, -0.2) is 0 Å². The summed E-state index contributed by atoms with van der Waals surface area (Å²) >= 11 is 0. The fraction of sp³-hybridized carbons (Fsp3) is 0.647. The van der Waals surface area contributed by atoms with E-state index in [0.717, 1.165) is 64.4 Å². The number of methoxy groups -OCH3 is 2. The molecule has 0 heterocycles. The average Bonchev–Trinajstić information content (AvgIpc) is 2.87. The van der Waals surface area contributed by atoms with Gasteiger partial charge in [0.1, 0.15) is 6.10 Å². The fourth-order valence-electron chi connectivity index (χ4n) is 4.00. The molecule has 0 aliphatic carbocycles. The van der Waals surface area contributed by atoms with Crippen LogP contribution in [0.5, 0.6) is 0 Å². The fourth-order valence-corrected chi connectivity index (χ4v) is 4.00. The quantitative estimate of drug-likeness (QED) is 0.142. The number of hydrogen-bond donors (Lipinski definition) is 1. The normalized spacial score (nSPS) is 15.4. The molecule has 0 aliphatic heterocycles. The molecule has 4 heteroatoms.